The van der Waals surface area contributed by atoms with E-state index in [1.54, 1.807) is 13.3 Å². The molecule has 1 aromatic heterocycles. The number of fused-ring (bicyclic) bond motifs is 1. The van der Waals surface area contributed by atoms with Gasteiger partial charge in [-0.05, 0) is 49.6 Å². The number of nitrogens with zero attached hydrogens (tertiary/aromatic N) is 3. The van der Waals surface area contributed by atoms with E-state index in [-0.39, 0.29) is 11.9 Å². The van der Waals surface area contributed by atoms with Crippen molar-refractivity contribution >= 4 is 11.6 Å². The molecule has 1 aliphatic rings. The molecule has 6 nitrogen and oxygen atoms in total. The number of amides is 1. The van der Waals surface area contributed by atoms with Crippen molar-refractivity contribution in [2.45, 2.75) is 32.4 Å². The van der Waals surface area contributed by atoms with Crippen molar-refractivity contribution in [2.75, 3.05) is 25.1 Å². The molecule has 2 aromatic rings. The van der Waals surface area contributed by atoms with Crippen LogP contribution in [-0.2, 0) is 17.8 Å². The number of aromatic nitrogens is 2. The molecule has 1 amide bonds. The Kier molecular flexibility index (Phi) is 5.15. The van der Waals surface area contributed by atoms with Crippen molar-refractivity contribution in [3.8, 4) is 5.75 Å². The number of hydrogen-bond acceptors (Lipinski definition) is 4. The molecule has 6 heteroatoms. The summed E-state index contributed by atoms with van der Waals surface area (Å²) in [5.74, 6) is 0.947. The maximum Gasteiger partial charge on any atom is 0.240 e. The molecule has 128 valence electrons. The minimum Gasteiger partial charge on any atom is -0.497 e. The van der Waals surface area contributed by atoms with Crippen LogP contribution < -0.4 is 15.0 Å². The zero-order chi connectivity index (χ0) is 16.9. The highest BCUT2D eigenvalue weighted by molar-refractivity contribution is 5.96. The standard InChI is InChI=1S/C18H24N4O2/c1-14(13-21-9-4-8-20-21)19-12-18(23)22-10-3-5-15-11-16(24-2)6-7-17(15)22/h4,6-9,11,14,19H,3,5,10,12-13H2,1-2H3/t14-/m0/s1. The van der Waals surface area contributed by atoms with Crippen LogP contribution in [0, 0.1) is 0 Å². The van der Waals surface area contributed by atoms with E-state index < -0.39 is 0 Å². The Bertz CT molecular complexity index is 684. The van der Waals surface area contributed by atoms with Crippen LogP contribution in [0.4, 0.5) is 5.69 Å². The van der Waals surface area contributed by atoms with Gasteiger partial charge >= 0.3 is 0 Å². The topological polar surface area (TPSA) is 59.4 Å². The zero-order valence-electron chi connectivity index (χ0n) is 14.2. The van der Waals surface area contributed by atoms with Crippen molar-refractivity contribution in [2.24, 2.45) is 0 Å². The van der Waals surface area contributed by atoms with Gasteiger partial charge in [0.15, 0.2) is 0 Å². The number of benzene rings is 1. The molecule has 0 saturated carbocycles. The van der Waals surface area contributed by atoms with E-state index in [1.165, 1.54) is 5.56 Å². The highest BCUT2D eigenvalue weighted by Gasteiger charge is 2.23. The second-order valence-electron chi connectivity index (χ2n) is 6.15. The number of ether oxygens (including phenoxy) is 1. The summed E-state index contributed by atoms with van der Waals surface area (Å²) in [5.41, 5.74) is 2.19. The van der Waals surface area contributed by atoms with Gasteiger partial charge in [-0.15, -0.1) is 0 Å². The van der Waals surface area contributed by atoms with E-state index in [1.807, 2.05) is 40.0 Å². The third-order valence-electron chi connectivity index (χ3n) is 4.33. The van der Waals surface area contributed by atoms with Crippen LogP contribution >= 0.6 is 0 Å². The predicted molar refractivity (Wildman–Crippen MR) is 93.4 cm³/mol. The summed E-state index contributed by atoms with van der Waals surface area (Å²) in [6, 6.07) is 8.00. The molecule has 0 saturated heterocycles. The largest absolute Gasteiger partial charge is 0.497 e. The number of rotatable bonds is 6. The van der Waals surface area contributed by atoms with Gasteiger partial charge < -0.3 is 15.0 Å². The average molecular weight is 328 g/mol. The second-order valence-corrected chi connectivity index (χ2v) is 6.15. The van der Waals surface area contributed by atoms with Gasteiger partial charge in [0.25, 0.3) is 0 Å². The molecule has 1 aromatic carbocycles. The highest BCUT2D eigenvalue weighted by atomic mass is 16.5. The van der Waals surface area contributed by atoms with Crippen molar-refractivity contribution in [1.29, 1.82) is 0 Å². The smallest absolute Gasteiger partial charge is 0.240 e. The summed E-state index contributed by atoms with van der Waals surface area (Å²) < 4.78 is 7.15. The Morgan fingerprint density at radius 2 is 2.33 bits per heavy atom. The Morgan fingerprint density at radius 3 is 3.08 bits per heavy atom. The summed E-state index contributed by atoms with van der Waals surface area (Å²) in [6.45, 7) is 3.90. The summed E-state index contributed by atoms with van der Waals surface area (Å²) in [6.07, 6.45) is 5.65. The number of hydrogen-bond donors (Lipinski definition) is 1. The minimum atomic E-state index is 0.105. The lowest BCUT2D eigenvalue weighted by molar-refractivity contribution is -0.118. The molecule has 24 heavy (non-hydrogen) atoms. The number of anilines is 1. The molecule has 0 unspecified atom stereocenters. The third kappa shape index (κ3) is 3.76. The number of carbonyl (C=O) groups is 1. The fourth-order valence-electron chi connectivity index (χ4n) is 3.07. The Balaban J connectivity index is 1.60. The normalized spacial score (nSPS) is 15.0. The molecule has 0 bridgehead atoms. The van der Waals surface area contributed by atoms with Gasteiger partial charge in [-0.3, -0.25) is 9.48 Å². The van der Waals surface area contributed by atoms with Crippen LogP contribution in [0.1, 0.15) is 18.9 Å². The number of carbonyl (C=O) groups excluding carboxylic acids is 1. The first kappa shape index (κ1) is 16.5. The predicted octanol–water partition coefficient (Wildman–Crippen LogP) is 1.85. The molecule has 0 radical (unpaired) electrons. The van der Waals surface area contributed by atoms with E-state index >= 15 is 0 Å². The number of aryl methyl sites for hydroxylation is 1. The molecule has 0 fully saturated rings. The molecule has 1 N–H and O–H groups in total. The van der Waals surface area contributed by atoms with Gasteiger partial charge in [-0.25, -0.2) is 0 Å². The Hall–Kier alpha value is -2.34. The van der Waals surface area contributed by atoms with Gasteiger partial charge in [0.2, 0.25) is 5.91 Å². The minimum absolute atomic E-state index is 0.105. The first-order valence-electron chi connectivity index (χ1n) is 8.35. The van der Waals surface area contributed by atoms with Crippen molar-refractivity contribution in [3.05, 3.63) is 42.2 Å². The van der Waals surface area contributed by atoms with Gasteiger partial charge in [0.1, 0.15) is 5.75 Å². The van der Waals surface area contributed by atoms with E-state index in [9.17, 15) is 4.79 Å². The quantitative estimate of drug-likeness (QED) is 0.879. The van der Waals surface area contributed by atoms with Gasteiger partial charge in [-0.2, -0.15) is 5.10 Å². The molecular weight excluding hydrogens is 304 g/mol. The molecule has 1 aliphatic heterocycles. The molecule has 0 spiro atoms. The van der Waals surface area contributed by atoms with Crippen LogP contribution in [0.3, 0.4) is 0 Å². The van der Waals surface area contributed by atoms with Crippen molar-refractivity contribution < 1.29 is 9.53 Å². The maximum absolute atomic E-state index is 12.6. The molecule has 3 rings (SSSR count). The van der Waals surface area contributed by atoms with Crippen LogP contribution in [-0.4, -0.2) is 41.9 Å². The van der Waals surface area contributed by atoms with Gasteiger partial charge in [0, 0.05) is 30.7 Å². The first-order valence-corrected chi connectivity index (χ1v) is 8.35. The average Bonchev–Trinajstić information content (AvgIpc) is 3.11. The van der Waals surface area contributed by atoms with Crippen LogP contribution in [0.5, 0.6) is 5.75 Å². The fraction of sp³-hybridized carbons (Fsp3) is 0.444. The maximum atomic E-state index is 12.6. The van der Waals surface area contributed by atoms with E-state index in [4.69, 9.17) is 4.74 Å². The lowest BCUT2D eigenvalue weighted by Crippen LogP contribution is -2.44. The van der Waals surface area contributed by atoms with Crippen molar-refractivity contribution in [1.82, 2.24) is 15.1 Å². The van der Waals surface area contributed by atoms with E-state index in [0.29, 0.717) is 6.54 Å². The second kappa shape index (κ2) is 7.49. The lowest BCUT2D eigenvalue weighted by atomic mass is 10.0. The molecule has 0 aliphatic carbocycles. The Morgan fingerprint density at radius 1 is 1.46 bits per heavy atom. The monoisotopic (exact) mass is 328 g/mol. The SMILES string of the molecule is COc1ccc2c(c1)CCCN2C(=O)CN[C@@H](C)Cn1cccn1. The summed E-state index contributed by atoms with van der Waals surface area (Å²) in [4.78, 5) is 14.5. The summed E-state index contributed by atoms with van der Waals surface area (Å²) in [7, 11) is 1.67. The Labute approximate surface area is 142 Å². The first-order chi connectivity index (χ1) is 11.7. The summed E-state index contributed by atoms with van der Waals surface area (Å²) >= 11 is 0. The van der Waals surface area contributed by atoms with E-state index in [2.05, 4.69) is 17.3 Å². The zero-order valence-corrected chi connectivity index (χ0v) is 14.2. The van der Waals surface area contributed by atoms with Gasteiger partial charge in [-0.1, -0.05) is 0 Å². The fourth-order valence-corrected chi connectivity index (χ4v) is 3.07. The number of nitrogens with one attached hydrogen (secondary N) is 1. The molecule has 2 heterocycles. The van der Waals surface area contributed by atoms with E-state index in [0.717, 1.165) is 37.4 Å². The van der Waals surface area contributed by atoms with Crippen molar-refractivity contribution in [3.63, 3.8) is 0 Å². The third-order valence-corrected chi connectivity index (χ3v) is 4.33. The van der Waals surface area contributed by atoms with Crippen LogP contribution in [0.2, 0.25) is 0 Å². The van der Waals surface area contributed by atoms with Crippen LogP contribution in [0.25, 0.3) is 0 Å². The molecule has 1 atom stereocenters. The van der Waals surface area contributed by atoms with Crippen LogP contribution in [0.15, 0.2) is 36.7 Å². The van der Waals surface area contributed by atoms with Gasteiger partial charge in [0.05, 0.1) is 20.2 Å². The highest BCUT2D eigenvalue weighted by Crippen LogP contribution is 2.30. The molecular formula is C18H24N4O2. The lowest BCUT2D eigenvalue weighted by Gasteiger charge is -2.30. The number of methoxy groups -OCH3 is 1. The summed E-state index contributed by atoms with van der Waals surface area (Å²) in [5, 5.41) is 7.48.